The Hall–Kier alpha value is -1.67. The molecule has 1 unspecified atom stereocenters. The van der Waals surface area contributed by atoms with Crippen LogP contribution in [-0.2, 0) is 9.53 Å². The van der Waals surface area contributed by atoms with Crippen LogP contribution in [0.25, 0.3) is 0 Å². The molecule has 0 bridgehead atoms. The van der Waals surface area contributed by atoms with Crippen molar-refractivity contribution in [2.45, 2.75) is 32.5 Å². The van der Waals surface area contributed by atoms with Gasteiger partial charge >= 0.3 is 12.1 Å². The zero-order chi connectivity index (χ0) is 13.9. The van der Waals surface area contributed by atoms with Gasteiger partial charge in [0.05, 0.1) is 5.69 Å². The van der Waals surface area contributed by atoms with E-state index in [-0.39, 0.29) is 10.8 Å². The second kappa shape index (κ2) is 5.32. The maximum atomic E-state index is 11.4. The summed E-state index contributed by atoms with van der Waals surface area (Å²) in [6.07, 6.45) is -2.39. The quantitative estimate of drug-likeness (QED) is 0.772. The number of thiazole rings is 1. The predicted octanol–water partition coefficient (Wildman–Crippen LogP) is 1.61. The summed E-state index contributed by atoms with van der Waals surface area (Å²) in [5, 5.41) is 21.7. The van der Waals surface area contributed by atoms with E-state index in [0.717, 1.165) is 11.3 Å². The van der Waals surface area contributed by atoms with Crippen molar-refractivity contribution in [3.8, 4) is 0 Å². The number of aromatic nitrogens is 1. The molecule has 0 saturated heterocycles. The van der Waals surface area contributed by atoms with Gasteiger partial charge in [-0.05, 0) is 20.8 Å². The van der Waals surface area contributed by atoms with Crippen molar-refractivity contribution in [3.05, 3.63) is 11.1 Å². The molecule has 7 nitrogen and oxygen atoms in total. The molecular weight excluding hydrogens is 260 g/mol. The lowest BCUT2D eigenvalue weighted by Gasteiger charge is -2.18. The van der Waals surface area contributed by atoms with Crippen LogP contribution < -0.4 is 5.32 Å². The van der Waals surface area contributed by atoms with Crippen LogP contribution in [0.5, 0.6) is 0 Å². The molecule has 1 rings (SSSR count). The molecular formula is C10H14N2O5S. The maximum Gasteiger partial charge on any atom is 0.413 e. The monoisotopic (exact) mass is 274 g/mol. The number of hydrogen-bond donors (Lipinski definition) is 3. The molecule has 0 fully saturated rings. The number of nitrogens with zero attached hydrogens (tertiary/aromatic N) is 1. The van der Waals surface area contributed by atoms with E-state index in [0.29, 0.717) is 0 Å². The van der Waals surface area contributed by atoms with E-state index in [1.165, 1.54) is 5.38 Å². The fraction of sp³-hybridized carbons (Fsp3) is 0.500. The number of aliphatic hydroxyl groups is 1. The van der Waals surface area contributed by atoms with Crippen LogP contribution in [0.3, 0.4) is 0 Å². The maximum absolute atomic E-state index is 11.4. The first-order chi connectivity index (χ1) is 8.19. The van der Waals surface area contributed by atoms with Crippen molar-refractivity contribution < 1.29 is 24.5 Å². The summed E-state index contributed by atoms with van der Waals surface area (Å²) in [4.78, 5) is 25.7. The molecule has 100 valence electrons. The number of carboxylic acid groups (broad SMARTS) is 1. The number of carboxylic acids is 1. The number of aliphatic hydroxyl groups excluding tert-OH is 1. The molecule has 0 aliphatic rings. The van der Waals surface area contributed by atoms with E-state index in [4.69, 9.17) is 9.84 Å². The van der Waals surface area contributed by atoms with Gasteiger partial charge in [-0.2, -0.15) is 0 Å². The average Bonchev–Trinajstić information content (AvgIpc) is 2.61. The smallest absolute Gasteiger partial charge is 0.413 e. The third-order valence-corrected chi connectivity index (χ3v) is 2.42. The van der Waals surface area contributed by atoms with E-state index in [1.807, 2.05) is 0 Å². The fourth-order valence-electron chi connectivity index (χ4n) is 0.987. The normalized spacial score (nSPS) is 12.9. The Morgan fingerprint density at radius 1 is 1.50 bits per heavy atom. The number of anilines is 1. The summed E-state index contributed by atoms with van der Waals surface area (Å²) in [6, 6.07) is 0. The van der Waals surface area contributed by atoms with Crippen LogP contribution in [0.1, 0.15) is 32.6 Å². The molecule has 0 aliphatic heterocycles. The minimum atomic E-state index is -1.70. The first-order valence-electron chi connectivity index (χ1n) is 5.05. The number of ether oxygens (including phenoxy) is 1. The van der Waals surface area contributed by atoms with Crippen LogP contribution in [0, 0.1) is 0 Å². The molecule has 18 heavy (non-hydrogen) atoms. The molecule has 1 amide bonds. The molecule has 0 aromatic carbocycles. The van der Waals surface area contributed by atoms with Gasteiger partial charge in [-0.1, -0.05) is 0 Å². The van der Waals surface area contributed by atoms with Crippen LogP contribution in [0.15, 0.2) is 5.38 Å². The molecule has 1 aromatic heterocycles. The fourth-order valence-corrected chi connectivity index (χ4v) is 1.70. The van der Waals surface area contributed by atoms with E-state index in [2.05, 4.69) is 10.3 Å². The second-order valence-corrected chi connectivity index (χ2v) is 5.30. The van der Waals surface area contributed by atoms with Gasteiger partial charge in [0, 0.05) is 5.38 Å². The number of carbonyl (C=O) groups is 2. The lowest BCUT2D eigenvalue weighted by molar-refractivity contribution is -0.147. The standard InChI is InChI=1S/C10H14N2O5S/c1-10(2,3)17-9(16)12-8-11-5(4-18-8)6(13)7(14)15/h4,6,13H,1-3H3,(H,14,15)(H,11,12,16). The van der Waals surface area contributed by atoms with Gasteiger partial charge in [0.2, 0.25) is 0 Å². The largest absolute Gasteiger partial charge is 0.479 e. The summed E-state index contributed by atoms with van der Waals surface area (Å²) < 4.78 is 5.00. The zero-order valence-electron chi connectivity index (χ0n) is 10.1. The summed E-state index contributed by atoms with van der Waals surface area (Å²) in [5.74, 6) is -1.40. The molecule has 3 N–H and O–H groups in total. The molecule has 0 radical (unpaired) electrons. The minimum absolute atomic E-state index is 0.0291. The Kier molecular flexibility index (Phi) is 4.25. The van der Waals surface area contributed by atoms with Crippen molar-refractivity contribution in [2.75, 3.05) is 5.32 Å². The number of amides is 1. The SMILES string of the molecule is CC(C)(C)OC(=O)Nc1nc(C(O)C(=O)O)cs1. The van der Waals surface area contributed by atoms with Crippen LogP contribution in [-0.4, -0.2) is 32.9 Å². The molecule has 1 aromatic rings. The summed E-state index contributed by atoms with van der Waals surface area (Å²) in [5.41, 5.74) is -0.663. The average molecular weight is 274 g/mol. The molecule has 0 aliphatic carbocycles. The number of aliphatic carboxylic acids is 1. The highest BCUT2D eigenvalue weighted by molar-refractivity contribution is 7.13. The predicted molar refractivity (Wildman–Crippen MR) is 64.6 cm³/mol. The highest BCUT2D eigenvalue weighted by Gasteiger charge is 2.21. The summed E-state index contributed by atoms with van der Waals surface area (Å²) in [7, 11) is 0. The number of nitrogens with one attached hydrogen (secondary N) is 1. The molecule has 1 heterocycles. The van der Waals surface area contributed by atoms with Gasteiger partial charge in [0.25, 0.3) is 0 Å². The number of carbonyl (C=O) groups excluding carboxylic acids is 1. The van der Waals surface area contributed by atoms with Gasteiger partial charge in [0.15, 0.2) is 11.2 Å². The van der Waals surface area contributed by atoms with Crippen molar-refractivity contribution in [2.24, 2.45) is 0 Å². The van der Waals surface area contributed by atoms with E-state index >= 15 is 0 Å². The molecule has 1 atom stereocenters. The minimum Gasteiger partial charge on any atom is -0.479 e. The van der Waals surface area contributed by atoms with Crippen molar-refractivity contribution in [1.29, 1.82) is 0 Å². The Bertz CT molecular complexity index is 451. The summed E-state index contributed by atoms with van der Waals surface area (Å²) >= 11 is 1.00. The van der Waals surface area contributed by atoms with Gasteiger partial charge < -0.3 is 14.9 Å². The Balaban J connectivity index is 2.65. The Morgan fingerprint density at radius 3 is 2.61 bits per heavy atom. The van der Waals surface area contributed by atoms with Crippen LogP contribution in [0.4, 0.5) is 9.93 Å². The lowest BCUT2D eigenvalue weighted by Crippen LogP contribution is -2.27. The molecule has 8 heteroatoms. The summed E-state index contributed by atoms with van der Waals surface area (Å²) in [6.45, 7) is 5.15. The van der Waals surface area contributed by atoms with E-state index in [9.17, 15) is 14.7 Å². The van der Waals surface area contributed by atoms with Crippen LogP contribution in [0.2, 0.25) is 0 Å². The first kappa shape index (κ1) is 14.4. The number of hydrogen-bond acceptors (Lipinski definition) is 6. The highest BCUT2D eigenvalue weighted by atomic mass is 32.1. The van der Waals surface area contributed by atoms with E-state index < -0.39 is 23.8 Å². The highest BCUT2D eigenvalue weighted by Crippen LogP contribution is 2.21. The number of rotatable bonds is 3. The van der Waals surface area contributed by atoms with Gasteiger partial charge in [0.1, 0.15) is 5.60 Å². The van der Waals surface area contributed by atoms with Crippen molar-refractivity contribution in [3.63, 3.8) is 0 Å². The van der Waals surface area contributed by atoms with Crippen LogP contribution >= 0.6 is 11.3 Å². The Morgan fingerprint density at radius 2 is 2.11 bits per heavy atom. The van der Waals surface area contributed by atoms with Gasteiger partial charge in [-0.3, -0.25) is 5.32 Å². The van der Waals surface area contributed by atoms with Gasteiger partial charge in [-0.25, -0.2) is 14.6 Å². The van der Waals surface area contributed by atoms with E-state index in [1.54, 1.807) is 20.8 Å². The molecule has 0 spiro atoms. The van der Waals surface area contributed by atoms with Gasteiger partial charge in [-0.15, -0.1) is 11.3 Å². The lowest BCUT2D eigenvalue weighted by atomic mass is 10.2. The zero-order valence-corrected chi connectivity index (χ0v) is 10.9. The third-order valence-electron chi connectivity index (χ3n) is 1.64. The topological polar surface area (TPSA) is 109 Å². The molecule has 0 saturated carbocycles. The Labute approximate surface area is 107 Å². The third kappa shape index (κ3) is 4.30. The van der Waals surface area contributed by atoms with Crippen molar-refractivity contribution >= 4 is 28.5 Å². The van der Waals surface area contributed by atoms with Crippen molar-refractivity contribution in [1.82, 2.24) is 4.98 Å². The first-order valence-corrected chi connectivity index (χ1v) is 5.93. The second-order valence-electron chi connectivity index (χ2n) is 4.45.